The molecule has 1 aliphatic heterocycles. The van der Waals surface area contributed by atoms with Gasteiger partial charge >= 0.3 is 0 Å². The van der Waals surface area contributed by atoms with Gasteiger partial charge in [0.15, 0.2) is 5.11 Å². The third-order valence-electron chi connectivity index (χ3n) is 4.90. The Labute approximate surface area is 186 Å². The molecule has 30 heavy (non-hydrogen) atoms. The third-order valence-corrected chi connectivity index (χ3v) is 7.44. The molecule has 4 nitrogen and oxygen atoms in total. The van der Waals surface area contributed by atoms with E-state index in [1.165, 1.54) is 4.31 Å². The van der Waals surface area contributed by atoms with E-state index >= 15 is 0 Å². The number of rotatable bonds is 4. The minimum atomic E-state index is -3.89. The van der Waals surface area contributed by atoms with Crippen LogP contribution in [0.25, 0.3) is 5.70 Å². The van der Waals surface area contributed by atoms with Crippen molar-refractivity contribution in [1.82, 2.24) is 9.62 Å². The summed E-state index contributed by atoms with van der Waals surface area (Å²) in [7, 11) is -3.89. The summed E-state index contributed by atoms with van der Waals surface area (Å²) in [5.74, 6) is 0. The van der Waals surface area contributed by atoms with Crippen LogP contribution in [0.1, 0.15) is 22.7 Å². The van der Waals surface area contributed by atoms with Gasteiger partial charge in [0.1, 0.15) is 0 Å². The summed E-state index contributed by atoms with van der Waals surface area (Å²) < 4.78 is 28.3. The monoisotopic (exact) mass is 454 g/mol. The minimum absolute atomic E-state index is 0.0989. The number of aryl methyl sites for hydroxylation is 1. The molecule has 0 saturated carbocycles. The highest BCUT2D eigenvalue weighted by molar-refractivity contribution is 7.91. The molecular formula is C23H19ClN2O2S2. The average molecular weight is 455 g/mol. The molecule has 1 aliphatic rings. The van der Waals surface area contributed by atoms with Crippen LogP contribution in [0.15, 0.2) is 89.8 Å². The molecular weight excluding hydrogens is 436 g/mol. The topological polar surface area (TPSA) is 49.4 Å². The fraction of sp³-hybridized carbons (Fsp3) is 0.0870. The molecule has 0 fully saturated rings. The third kappa shape index (κ3) is 3.86. The fourth-order valence-electron chi connectivity index (χ4n) is 3.36. The maximum absolute atomic E-state index is 13.5. The molecule has 0 aliphatic carbocycles. The van der Waals surface area contributed by atoms with Crippen LogP contribution in [0, 0.1) is 6.92 Å². The van der Waals surface area contributed by atoms with Crippen molar-refractivity contribution in [2.24, 2.45) is 0 Å². The Bertz CT molecular complexity index is 1220. The van der Waals surface area contributed by atoms with Crippen LogP contribution in [0.5, 0.6) is 0 Å². The Morgan fingerprint density at radius 3 is 2.23 bits per heavy atom. The van der Waals surface area contributed by atoms with Gasteiger partial charge in [-0.15, -0.1) is 0 Å². The van der Waals surface area contributed by atoms with Gasteiger partial charge in [-0.3, -0.25) is 0 Å². The van der Waals surface area contributed by atoms with Gasteiger partial charge in [-0.2, -0.15) is 0 Å². The van der Waals surface area contributed by atoms with E-state index in [0.29, 0.717) is 10.7 Å². The molecule has 0 bridgehead atoms. The van der Waals surface area contributed by atoms with Crippen LogP contribution < -0.4 is 5.32 Å². The maximum atomic E-state index is 13.5. The van der Waals surface area contributed by atoms with Crippen LogP contribution >= 0.6 is 23.8 Å². The number of hydrogen-bond acceptors (Lipinski definition) is 3. The molecule has 7 heteroatoms. The summed E-state index contributed by atoms with van der Waals surface area (Å²) in [6, 6.07) is 22.9. The van der Waals surface area contributed by atoms with Gasteiger partial charge in [0.25, 0.3) is 10.0 Å². The first-order valence-corrected chi connectivity index (χ1v) is 11.5. The first-order chi connectivity index (χ1) is 14.4. The second-order valence-electron chi connectivity index (χ2n) is 6.96. The average Bonchev–Trinajstić information content (AvgIpc) is 2.74. The Kier molecular flexibility index (Phi) is 5.64. The lowest BCUT2D eigenvalue weighted by atomic mass is 10.0. The summed E-state index contributed by atoms with van der Waals surface area (Å²) in [6.45, 7) is 1.91. The number of hydrogen-bond donors (Lipinski definition) is 1. The van der Waals surface area contributed by atoms with Gasteiger partial charge in [-0.05, 0) is 49.0 Å². The lowest BCUT2D eigenvalue weighted by Crippen LogP contribution is -2.47. The molecule has 1 unspecified atom stereocenters. The molecule has 0 amide bonds. The van der Waals surface area contributed by atoms with Gasteiger partial charge in [0.2, 0.25) is 0 Å². The van der Waals surface area contributed by atoms with Gasteiger partial charge < -0.3 is 5.32 Å². The van der Waals surface area contributed by atoms with Crippen LogP contribution in [-0.2, 0) is 10.0 Å². The van der Waals surface area contributed by atoms with Crippen LogP contribution in [0.3, 0.4) is 0 Å². The number of sulfonamides is 1. The molecule has 0 radical (unpaired) electrons. The van der Waals surface area contributed by atoms with E-state index in [-0.39, 0.29) is 10.0 Å². The second kappa shape index (κ2) is 8.22. The highest BCUT2D eigenvalue weighted by Gasteiger charge is 2.37. The molecule has 3 aromatic carbocycles. The number of nitrogens with one attached hydrogen (secondary N) is 1. The van der Waals surface area contributed by atoms with E-state index in [0.717, 1.165) is 16.7 Å². The summed E-state index contributed by atoms with van der Waals surface area (Å²) in [6.07, 6.45) is 1.85. The van der Waals surface area contributed by atoms with Crippen LogP contribution in [0.4, 0.5) is 0 Å². The predicted octanol–water partition coefficient (Wildman–Crippen LogP) is 5.31. The van der Waals surface area contributed by atoms with Crippen molar-refractivity contribution in [2.75, 3.05) is 0 Å². The molecule has 1 N–H and O–H groups in total. The molecule has 0 spiro atoms. The van der Waals surface area contributed by atoms with Gasteiger partial charge in [0.05, 0.1) is 10.9 Å². The zero-order valence-electron chi connectivity index (χ0n) is 16.1. The fourth-order valence-corrected chi connectivity index (χ4v) is 5.57. The zero-order valence-corrected chi connectivity index (χ0v) is 18.5. The predicted molar refractivity (Wildman–Crippen MR) is 125 cm³/mol. The summed E-state index contributed by atoms with van der Waals surface area (Å²) >= 11 is 11.9. The SMILES string of the molecule is Cc1ccc(S(=O)(=O)N2C(=S)NC(c3ccccc3Cl)=CC2c2ccccc2)cc1. The quantitative estimate of drug-likeness (QED) is 0.543. The Hall–Kier alpha value is -2.67. The Morgan fingerprint density at radius 2 is 1.57 bits per heavy atom. The van der Waals surface area contributed by atoms with Crippen molar-refractivity contribution in [1.29, 1.82) is 0 Å². The minimum Gasteiger partial charge on any atom is -0.331 e. The van der Waals surface area contributed by atoms with Crippen LogP contribution in [0.2, 0.25) is 5.02 Å². The lowest BCUT2D eigenvalue weighted by Gasteiger charge is -2.36. The van der Waals surface area contributed by atoms with Crippen molar-refractivity contribution < 1.29 is 8.42 Å². The molecule has 0 saturated heterocycles. The standard InChI is InChI=1S/C23H19ClN2O2S2/c1-16-11-13-18(14-12-16)30(27,28)26-22(17-7-3-2-4-8-17)15-21(25-23(26)29)19-9-5-6-10-20(19)24/h2-15,22H,1H3,(H,25,29). The highest BCUT2D eigenvalue weighted by atomic mass is 35.5. The van der Waals surface area contributed by atoms with E-state index in [1.807, 2.05) is 61.5 Å². The van der Waals surface area contributed by atoms with E-state index in [2.05, 4.69) is 5.32 Å². The summed E-state index contributed by atoms with van der Waals surface area (Å²) in [5.41, 5.74) is 3.22. The molecule has 1 heterocycles. The smallest absolute Gasteiger partial charge is 0.266 e. The highest BCUT2D eigenvalue weighted by Crippen LogP contribution is 2.36. The molecule has 1 atom stereocenters. The van der Waals surface area contributed by atoms with E-state index in [4.69, 9.17) is 23.8 Å². The second-order valence-corrected chi connectivity index (χ2v) is 9.57. The van der Waals surface area contributed by atoms with Crippen molar-refractivity contribution in [3.8, 4) is 0 Å². The van der Waals surface area contributed by atoms with Crippen molar-refractivity contribution in [3.63, 3.8) is 0 Å². The van der Waals surface area contributed by atoms with Crippen molar-refractivity contribution >= 4 is 44.7 Å². The first-order valence-electron chi connectivity index (χ1n) is 9.32. The van der Waals surface area contributed by atoms with Crippen molar-refractivity contribution in [3.05, 3.63) is 107 Å². The first kappa shape index (κ1) is 20.6. The zero-order chi connectivity index (χ0) is 21.3. The number of nitrogens with zero attached hydrogens (tertiary/aromatic N) is 1. The molecule has 3 aromatic rings. The molecule has 0 aromatic heterocycles. The summed E-state index contributed by atoms with van der Waals surface area (Å²) in [4.78, 5) is 0.188. The van der Waals surface area contributed by atoms with E-state index < -0.39 is 16.1 Å². The number of thiocarbonyl (C=S) groups is 1. The number of benzene rings is 3. The largest absolute Gasteiger partial charge is 0.331 e. The molecule has 152 valence electrons. The van der Waals surface area contributed by atoms with Gasteiger partial charge in [-0.25, -0.2) is 12.7 Å². The maximum Gasteiger partial charge on any atom is 0.266 e. The summed E-state index contributed by atoms with van der Waals surface area (Å²) in [5, 5.41) is 3.72. The Balaban J connectivity index is 1.87. The lowest BCUT2D eigenvalue weighted by molar-refractivity contribution is 0.479. The Morgan fingerprint density at radius 1 is 0.933 bits per heavy atom. The van der Waals surface area contributed by atoms with Gasteiger partial charge in [-0.1, -0.05) is 77.8 Å². The molecule has 4 rings (SSSR count). The van der Waals surface area contributed by atoms with Gasteiger partial charge in [0, 0.05) is 16.3 Å². The van der Waals surface area contributed by atoms with Crippen molar-refractivity contribution in [2.45, 2.75) is 17.9 Å². The number of halogens is 1. The van der Waals surface area contributed by atoms with Crippen LogP contribution in [-0.4, -0.2) is 17.8 Å². The van der Waals surface area contributed by atoms with E-state index in [9.17, 15) is 8.42 Å². The van der Waals surface area contributed by atoms with E-state index in [1.54, 1.807) is 30.3 Å². The normalized spacial score (nSPS) is 16.7.